The number of aryl methyl sites for hydroxylation is 2. The highest BCUT2D eigenvalue weighted by atomic mass is 16.5. The van der Waals surface area contributed by atoms with Crippen LogP contribution in [0.3, 0.4) is 0 Å². The molecule has 6 nitrogen and oxygen atoms in total. The summed E-state index contributed by atoms with van der Waals surface area (Å²) in [5.41, 5.74) is 7.56. The third-order valence-corrected chi connectivity index (χ3v) is 8.13. The Bertz CT molecular complexity index is 1420. The number of hydrogen-bond acceptors (Lipinski definition) is 3. The van der Waals surface area contributed by atoms with Gasteiger partial charge in [-0.3, -0.25) is 9.20 Å². The van der Waals surface area contributed by atoms with Crippen molar-refractivity contribution in [2.45, 2.75) is 70.9 Å². The fourth-order valence-electron chi connectivity index (χ4n) is 6.30. The lowest BCUT2D eigenvalue weighted by Crippen LogP contribution is -2.37. The first-order valence-electron chi connectivity index (χ1n) is 14.1. The van der Waals surface area contributed by atoms with Gasteiger partial charge in [-0.1, -0.05) is 31.4 Å². The maximum atomic E-state index is 14.1. The molecule has 1 amide bonds. The lowest BCUT2D eigenvalue weighted by molar-refractivity contribution is 0.0922. The molecule has 3 heterocycles. The summed E-state index contributed by atoms with van der Waals surface area (Å²) in [6.45, 7) is 3.56. The van der Waals surface area contributed by atoms with Crippen molar-refractivity contribution >= 4 is 11.6 Å². The second-order valence-corrected chi connectivity index (χ2v) is 10.5. The maximum Gasteiger partial charge on any atom is 0.269 e. The van der Waals surface area contributed by atoms with E-state index in [-0.39, 0.29) is 11.9 Å². The van der Waals surface area contributed by atoms with Crippen molar-refractivity contribution in [3.8, 4) is 33.9 Å². The van der Waals surface area contributed by atoms with Gasteiger partial charge in [-0.2, -0.15) is 0 Å². The molecular weight excluding hydrogens is 474 g/mol. The number of hydrogen-bond donors (Lipinski definition) is 1. The van der Waals surface area contributed by atoms with E-state index in [1.807, 2.05) is 31.2 Å². The van der Waals surface area contributed by atoms with Crippen molar-refractivity contribution in [3.05, 3.63) is 66.0 Å². The molecular formula is C32H37N3O3. The summed E-state index contributed by atoms with van der Waals surface area (Å²) in [7, 11) is 1.69. The summed E-state index contributed by atoms with van der Waals surface area (Å²) in [4.78, 5) is 14.1. The number of benzene rings is 2. The number of carbonyl (C=O) groups excluding carboxylic acids is 1. The SMILES string of the molecule is CCOc1ccc(-c2c3c4n(c(-c5ccc(OC)cc5)cn4c2C(=O)NC2CCCCC2)CCCC3)cc1. The van der Waals surface area contributed by atoms with Crippen LogP contribution in [-0.4, -0.2) is 34.6 Å². The number of imidazole rings is 1. The van der Waals surface area contributed by atoms with E-state index in [4.69, 9.17) is 9.47 Å². The van der Waals surface area contributed by atoms with Gasteiger partial charge < -0.3 is 19.4 Å². The Labute approximate surface area is 224 Å². The molecule has 0 spiro atoms. The van der Waals surface area contributed by atoms with Crippen LogP contribution in [0.4, 0.5) is 0 Å². The van der Waals surface area contributed by atoms with E-state index in [1.165, 1.54) is 24.8 Å². The first-order valence-corrected chi connectivity index (χ1v) is 14.1. The second kappa shape index (κ2) is 10.6. The van der Waals surface area contributed by atoms with Gasteiger partial charge in [0.25, 0.3) is 5.91 Å². The van der Waals surface area contributed by atoms with E-state index in [1.54, 1.807) is 7.11 Å². The minimum absolute atomic E-state index is 0.0287. The Balaban J connectivity index is 1.53. The van der Waals surface area contributed by atoms with E-state index in [2.05, 4.69) is 44.7 Å². The van der Waals surface area contributed by atoms with Gasteiger partial charge in [-0.05, 0) is 86.6 Å². The monoisotopic (exact) mass is 511 g/mol. The summed E-state index contributed by atoms with van der Waals surface area (Å²) < 4.78 is 15.7. The molecule has 38 heavy (non-hydrogen) atoms. The summed E-state index contributed by atoms with van der Waals surface area (Å²) in [5, 5.41) is 3.42. The molecule has 2 aromatic heterocycles. The van der Waals surface area contributed by atoms with Gasteiger partial charge in [-0.25, -0.2) is 0 Å². The number of rotatable bonds is 7. The van der Waals surface area contributed by atoms with Gasteiger partial charge in [0.1, 0.15) is 22.8 Å². The molecule has 0 radical (unpaired) electrons. The van der Waals surface area contributed by atoms with E-state index >= 15 is 0 Å². The van der Waals surface area contributed by atoms with Gasteiger partial charge in [0.05, 0.1) is 19.4 Å². The summed E-state index contributed by atoms with van der Waals surface area (Å²) in [6.07, 6.45) is 11.1. The van der Waals surface area contributed by atoms with Crippen LogP contribution in [0.1, 0.15) is 67.9 Å². The summed E-state index contributed by atoms with van der Waals surface area (Å²) in [6, 6.07) is 16.7. The third-order valence-electron chi connectivity index (χ3n) is 8.13. The average molecular weight is 512 g/mol. The van der Waals surface area contributed by atoms with Gasteiger partial charge in [0.2, 0.25) is 0 Å². The smallest absolute Gasteiger partial charge is 0.269 e. The van der Waals surface area contributed by atoms with Crippen molar-refractivity contribution in [1.82, 2.24) is 14.3 Å². The number of nitrogens with zero attached hydrogens (tertiary/aromatic N) is 2. The molecule has 6 heteroatoms. The molecule has 1 aliphatic carbocycles. The van der Waals surface area contributed by atoms with E-state index in [0.717, 1.165) is 83.9 Å². The van der Waals surface area contributed by atoms with Gasteiger partial charge >= 0.3 is 0 Å². The predicted octanol–water partition coefficient (Wildman–Crippen LogP) is 6.88. The highest BCUT2D eigenvalue weighted by Gasteiger charge is 2.30. The molecule has 1 aliphatic heterocycles. The number of nitrogens with one attached hydrogen (secondary N) is 1. The standard InChI is InChI=1S/C32H37N3O3/c1-3-38-26-18-14-23(15-19-26)29-27-11-7-8-20-34-28(22-12-16-25(37-2)17-13-22)21-35(32(27)34)30(29)31(36)33-24-9-5-4-6-10-24/h12-19,21,24H,3-11,20H2,1-2H3,(H,33,36). The highest BCUT2D eigenvalue weighted by Crippen LogP contribution is 2.40. The Morgan fingerprint density at radius 2 is 1.63 bits per heavy atom. The number of methoxy groups -OCH3 is 1. The normalized spacial score (nSPS) is 15.8. The van der Waals surface area contributed by atoms with Crippen LogP contribution in [0.25, 0.3) is 28.0 Å². The van der Waals surface area contributed by atoms with E-state index < -0.39 is 0 Å². The Morgan fingerprint density at radius 3 is 2.34 bits per heavy atom. The molecule has 2 aliphatic rings. The van der Waals surface area contributed by atoms with Crippen molar-refractivity contribution in [1.29, 1.82) is 0 Å². The predicted molar refractivity (Wildman–Crippen MR) is 151 cm³/mol. The van der Waals surface area contributed by atoms with Crippen molar-refractivity contribution in [3.63, 3.8) is 0 Å². The van der Waals surface area contributed by atoms with Crippen LogP contribution in [0.15, 0.2) is 54.7 Å². The lowest BCUT2D eigenvalue weighted by atomic mass is 9.94. The van der Waals surface area contributed by atoms with E-state index in [9.17, 15) is 4.79 Å². The van der Waals surface area contributed by atoms with Crippen LogP contribution >= 0.6 is 0 Å². The fourth-order valence-corrected chi connectivity index (χ4v) is 6.30. The zero-order valence-electron chi connectivity index (χ0n) is 22.5. The number of aromatic nitrogens is 2. The van der Waals surface area contributed by atoms with Crippen LogP contribution in [0, 0.1) is 0 Å². The Morgan fingerprint density at radius 1 is 0.921 bits per heavy atom. The van der Waals surface area contributed by atoms with Gasteiger partial charge in [-0.15, -0.1) is 0 Å². The molecule has 198 valence electrons. The Kier molecular flexibility index (Phi) is 6.88. The van der Waals surface area contributed by atoms with Crippen LogP contribution in [0.2, 0.25) is 0 Å². The van der Waals surface area contributed by atoms with Crippen LogP contribution < -0.4 is 14.8 Å². The minimum Gasteiger partial charge on any atom is -0.497 e. The minimum atomic E-state index is 0.0287. The molecule has 1 saturated carbocycles. The fraction of sp³-hybridized carbons (Fsp3) is 0.406. The second-order valence-electron chi connectivity index (χ2n) is 10.5. The molecule has 6 rings (SSSR count). The number of amides is 1. The highest BCUT2D eigenvalue weighted by molar-refractivity contribution is 6.03. The maximum absolute atomic E-state index is 14.1. The van der Waals surface area contributed by atoms with Gasteiger partial charge in [0.15, 0.2) is 0 Å². The topological polar surface area (TPSA) is 56.9 Å². The molecule has 0 bridgehead atoms. The third kappa shape index (κ3) is 4.46. The molecule has 2 aromatic carbocycles. The van der Waals surface area contributed by atoms with Crippen molar-refractivity contribution in [2.75, 3.05) is 13.7 Å². The molecule has 0 atom stereocenters. The molecule has 0 unspecified atom stereocenters. The van der Waals surface area contributed by atoms with Gasteiger partial charge in [0, 0.05) is 29.9 Å². The lowest BCUT2D eigenvalue weighted by Gasteiger charge is -2.23. The number of carbonyl (C=O) groups is 1. The molecule has 1 fully saturated rings. The Hall–Kier alpha value is -3.67. The van der Waals surface area contributed by atoms with Crippen molar-refractivity contribution in [2.24, 2.45) is 0 Å². The molecule has 1 N–H and O–H groups in total. The largest absolute Gasteiger partial charge is 0.497 e. The van der Waals surface area contributed by atoms with E-state index in [0.29, 0.717) is 6.61 Å². The quantitative estimate of drug-likeness (QED) is 0.294. The number of ether oxygens (including phenoxy) is 2. The molecule has 0 saturated heterocycles. The summed E-state index contributed by atoms with van der Waals surface area (Å²) >= 11 is 0. The van der Waals surface area contributed by atoms with Crippen LogP contribution in [-0.2, 0) is 13.0 Å². The first kappa shape index (κ1) is 24.7. The van der Waals surface area contributed by atoms with Crippen molar-refractivity contribution < 1.29 is 14.3 Å². The molecule has 4 aromatic rings. The van der Waals surface area contributed by atoms with Crippen LogP contribution in [0.5, 0.6) is 11.5 Å². The average Bonchev–Trinajstić information content (AvgIpc) is 3.37. The first-order chi connectivity index (χ1) is 18.7. The zero-order valence-corrected chi connectivity index (χ0v) is 22.5. The zero-order chi connectivity index (χ0) is 26.1. The summed E-state index contributed by atoms with van der Waals surface area (Å²) in [5.74, 6) is 1.72.